The van der Waals surface area contributed by atoms with E-state index >= 15 is 0 Å². The van der Waals surface area contributed by atoms with E-state index in [2.05, 4.69) is 0 Å². The summed E-state index contributed by atoms with van der Waals surface area (Å²) in [5, 5.41) is 20.6. The number of carboxylic acid groups (broad SMARTS) is 1. The Hall–Kier alpha value is -3.53. The predicted octanol–water partition coefficient (Wildman–Crippen LogP) is 2.21. The number of alkyl halides is 2. The molecular weight excluding hydrogens is 438 g/mol. The van der Waals surface area contributed by atoms with Crippen molar-refractivity contribution in [1.82, 2.24) is 10.2 Å². The molecule has 2 atom stereocenters. The topological polar surface area (TPSA) is 116 Å². The van der Waals surface area contributed by atoms with Crippen LogP contribution < -0.4 is 5.32 Å². The third kappa shape index (κ3) is 4.38. The van der Waals surface area contributed by atoms with Gasteiger partial charge in [0.2, 0.25) is 0 Å². The fraction of sp³-hybridized carbons (Fsp3) is 0.348. The molecule has 33 heavy (non-hydrogen) atoms. The number of aliphatic hydroxyl groups is 1. The highest BCUT2D eigenvalue weighted by Gasteiger charge is 2.49. The van der Waals surface area contributed by atoms with Crippen LogP contribution in [0, 0.1) is 0 Å². The molecule has 0 unspecified atom stereocenters. The molecule has 0 bridgehead atoms. The number of ether oxygens (including phenoxy) is 1. The summed E-state index contributed by atoms with van der Waals surface area (Å²) in [4.78, 5) is 35.9. The Bertz CT molecular complexity index is 1050. The maximum Gasteiger partial charge on any atom is 0.407 e. The summed E-state index contributed by atoms with van der Waals surface area (Å²) in [7, 11) is 0. The van der Waals surface area contributed by atoms with Crippen LogP contribution in [0.5, 0.6) is 0 Å². The van der Waals surface area contributed by atoms with Gasteiger partial charge in [0.05, 0.1) is 12.6 Å². The van der Waals surface area contributed by atoms with Gasteiger partial charge in [-0.05, 0) is 22.3 Å². The number of likely N-dealkylation sites (tertiary alicyclic amines) is 1. The lowest BCUT2D eigenvalue weighted by atomic mass is 9.98. The van der Waals surface area contributed by atoms with Gasteiger partial charge >= 0.3 is 18.0 Å². The first-order chi connectivity index (χ1) is 15.7. The molecule has 1 saturated heterocycles. The minimum absolute atomic E-state index is 0.0845. The van der Waals surface area contributed by atoms with Crippen LogP contribution in [0.15, 0.2) is 48.5 Å². The van der Waals surface area contributed by atoms with Crippen molar-refractivity contribution in [2.75, 3.05) is 19.7 Å². The van der Waals surface area contributed by atoms with Crippen LogP contribution in [-0.2, 0) is 14.3 Å². The summed E-state index contributed by atoms with van der Waals surface area (Å²) in [6.45, 7) is -1.96. The largest absolute Gasteiger partial charge is 0.480 e. The van der Waals surface area contributed by atoms with Crippen molar-refractivity contribution >= 4 is 18.0 Å². The lowest BCUT2D eigenvalue weighted by Gasteiger charge is -2.26. The zero-order valence-corrected chi connectivity index (χ0v) is 17.4. The van der Waals surface area contributed by atoms with E-state index in [4.69, 9.17) is 9.84 Å². The molecule has 3 N–H and O–H groups in total. The van der Waals surface area contributed by atoms with Gasteiger partial charge in [0, 0.05) is 18.9 Å². The number of fused-ring (bicyclic) bond motifs is 3. The summed E-state index contributed by atoms with van der Waals surface area (Å²) in [6.07, 6.45) is -2.67. The number of carbonyl (C=O) groups is 3. The number of hydrogen-bond donors (Lipinski definition) is 3. The van der Waals surface area contributed by atoms with Gasteiger partial charge in [-0.2, -0.15) is 8.78 Å². The highest BCUT2D eigenvalue weighted by atomic mass is 19.3. The Balaban J connectivity index is 1.36. The number of carboxylic acids is 1. The summed E-state index contributed by atoms with van der Waals surface area (Å²) in [6, 6.07) is 13.7. The zero-order chi connectivity index (χ0) is 23.8. The van der Waals surface area contributed by atoms with Gasteiger partial charge in [0.1, 0.15) is 12.6 Å². The monoisotopic (exact) mass is 460 g/mol. The number of hydrogen-bond acceptors (Lipinski definition) is 5. The predicted molar refractivity (Wildman–Crippen MR) is 112 cm³/mol. The van der Waals surface area contributed by atoms with Gasteiger partial charge < -0.3 is 25.2 Å². The van der Waals surface area contributed by atoms with Gasteiger partial charge in [-0.1, -0.05) is 48.5 Å². The third-order valence-corrected chi connectivity index (χ3v) is 5.94. The molecule has 10 heteroatoms. The number of β-amino-alcohol motifs (C(OH)–C–C–N with tert-alkyl or cyclic N) is 1. The second-order valence-electron chi connectivity index (χ2n) is 8.08. The highest BCUT2D eigenvalue weighted by Crippen LogP contribution is 2.44. The molecule has 0 aromatic heterocycles. The number of benzene rings is 2. The number of nitrogens with zero attached hydrogens (tertiary/aromatic N) is 1. The van der Waals surface area contributed by atoms with Crippen molar-refractivity contribution in [3.05, 3.63) is 59.7 Å². The lowest BCUT2D eigenvalue weighted by Crippen LogP contribution is -2.53. The first-order valence-corrected chi connectivity index (χ1v) is 10.4. The van der Waals surface area contributed by atoms with Crippen LogP contribution >= 0.6 is 0 Å². The van der Waals surface area contributed by atoms with E-state index in [0.29, 0.717) is 4.90 Å². The van der Waals surface area contributed by atoms with Gasteiger partial charge in [-0.15, -0.1) is 0 Å². The number of halogens is 2. The molecule has 2 aromatic rings. The Morgan fingerprint density at radius 1 is 1.06 bits per heavy atom. The first kappa shape index (κ1) is 22.7. The van der Waals surface area contributed by atoms with E-state index in [9.17, 15) is 28.3 Å². The van der Waals surface area contributed by atoms with E-state index in [1.54, 1.807) is 0 Å². The maximum atomic E-state index is 14.4. The molecule has 1 aliphatic carbocycles. The van der Waals surface area contributed by atoms with E-state index in [-0.39, 0.29) is 18.9 Å². The number of carbonyl (C=O) groups excluding carboxylic acids is 2. The van der Waals surface area contributed by atoms with Crippen molar-refractivity contribution in [2.24, 2.45) is 0 Å². The fourth-order valence-electron chi connectivity index (χ4n) is 4.39. The number of aliphatic hydroxyl groups excluding tert-OH is 1. The Kier molecular flexibility index (Phi) is 6.03. The van der Waals surface area contributed by atoms with Crippen LogP contribution in [0.4, 0.5) is 13.6 Å². The Morgan fingerprint density at radius 2 is 1.64 bits per heavy atom. The molecule has 1 fully saturated rings. The van der Waals surface area contributed by atoms with Crippen molar-refractivity contribution in [3.8, 4) is 11.1 Å². The van der Waals surface area contributed by atoms with E-state index in [0.717, 1.165) is 22.3 Å². The number of nitrogens with one attached hydrogen (secondary N) is 1. The minimum Gasteiger partial charge on any atom is -0.480 e. The fourth-order valence-corrected chi connectivity index (χ4v) is 4.39. The SMILES string of the molecule is O=C(NCC(F)(F)C(=O)N1C[C@H](O)C[C@H]1C(=O)O)OCC1c2ccccc2-c2ccccc21. The van der Waals surface area contributed by atoms with Gasteiger partial charge in [0.25, 0.3) is 5.91 Å². The quantitative estimate of drug-likeness (QED) is 0.609. The van der Waals surface area contributed by atoms with E-state index < -0.39 is 49.1 Å². The third-order valence-electron chi connectivity index (χ3n) is 5.94. The molecular formula is C23H22F2N2O6. The summed E-state index contributed by atoms with van der Waals surface area (Å²) in [5.74, 6) is -7.58. The van der Waals surface area contributed by atoms with Crippen molar-refractivity contribution in [1.29, 1.82) is 0 Å². The molecule has 174 valence electrons. The minimum atomic E-state index is -4.07. The van der Waals surface area contributed by atoms with E-state index in [1.807, 2.05) is 53.8 Å². The molecule has 0 radical (unpaired) electrons. The Labute approximate surface area is 187 Å². The molecule has 2 aromatic carbocycles. The number of aliphatic carboxylic acids is 1. The first-order valence-electron chi connectivity index (χ1n) is 10.4. The van der Waals surface area contributed by atoms with Crippen LogP contribution in [-0.4, -0.2) is 70.8 Å². The van der Waals surface area contributed by atoms with Crippen LogP contribution in [0.1, 0.15) is 23.5 Å². The molecule has 0 spiro atoms. The second kappa shape index (κ2) is 8.78. The molecule has 0 saturated carbocycles. The normalized spacial score (nSPS) is 19.7. The Morgan fingerprint density at radius 3 is 2.21 bits per heavy atom. The smallest absolute Gasteiger partial charge is 0.407 e. The van der Waals surface area contributed by atoms with Crippen molar-refractivity contribution in [3.63, 3.8) is 0 Å². The summed E-state index contributed by atoms with van der Waals surface area (Å²) in [5.41, 5.74) is 3.94. The standard InChI is InChI=1S/C23H22F2N2O6/c24-23(25,21(31)27-10-13(28)9-19(27)20(29)30)12-26-22(32)33-11-18-16-7-3-1-5-14(16)15-6-2-4-8-17(15)18/h1-8,13,18-19,28H,9-12H2,(H,26,32)(H,29,30)/t13-,19+/m1/s1. The van der Waals surface area contributed by atoms with Crippen LogP contribution in [0.3, 0.4) is 0 Å². The summed E-state index contributed by atoms with van der Waals surface area (Å²) >= 11 is 0. The maximum absolute atomic E-state index is 14.4. The van der Waals surface area contributed by atoms with Gasteiger partial charge in [0.15, 0.2) is 0 Å². The van der Waals surface area contributed by atoms with Crippen molar-refractivity contribution in [2.45, 2.75) is 30.4 Å². The number of rotatable bonds is 6. The van der Waals surface area contributed by atoms with Gasteiger partial charge in [-0.25, -0.2) is 9.59 Å². The average Bonchev–Trinajstić information content (AvgIpc) is 3.34. The number of alkyl carbamates (subject to hydrolysis) is 1. The molecule has 4 rings (SSSR count). The van der Waals surface area contributed by atoms with Crippen LogP contribution in [0.2, 0.25) is 0 Å². The highest BCUT2D eigenvalue weighted by molar-refractivity contribution is 5.89. The summed E-state index contributed by atoms with van der Waals surface area (Å²) < 4.78 is 34.0. The molecule has 1 aliphatic heterocycles. The molecule has 1 heterocycles. The van der Waals surface area contributed by atoms with E-state index in [1.165, 1.54) is 0 Å². The number of amides is 2. The molecule has 2 amide bonds. The average molecular weight is 460 g/mol. The zero-order valence-electron chi connectivity index (χ0n) is 17.4. The van der Waals surface area contributed by atoms with Crippen LogP contribution in [0.25, 0.3) is 11.1 Å². The van der Waals surface area contributed by atoms with Crippen molar-refractivity contribution < 1.29 is 38.1 Å². The second-order valence-corrected chi connectivity index (χ2v) is 8.08. The molecule has 2 aliphatic rings. The lowest BCUT2D eigenvalue weighted by molar-refractivity contribution is -0.162. The van der Waals surface area contributed by atoms with Gasteiger partial charge in [-0.3, -0.25) is 4.79 Å². The molecule has 8 nitrogen and oxygen atoms in total.